The molecule has 0 spiro atoms. The lowest BCUT2D eigenvalue weighted by Gasteiger charge is -1.94. The van der Waals surface area contributed by atoms with Gasteiger partial charge >= 0.3 is 0 Å². The number of halogens is 1. The molecule has 76 valence electrons. The van der Waals surface area contributed by atoms with Crippen molar-refractivity contribution in [3.05, 3.63) is 47.7 Å². The molecule has 1 aromatic carbocycles. The van der Waals surface area contributed by atoms with Gasteiger partial charge in [0.05, 0.1) is 0 Å². The molecule has 0 aliphatic rings. The van der Waals surface area contributed by atoms with E-state index in [1.54, 1.807) is 0 Å². The van der Waals surface area contributed by atoms with Gasteiger partial charge in [0.15, 0.2) is 0 Å². The first-order valence-corrected chi connectivity index (χ1v) is 8.12. The van der Waals surface area contributed by atoms with Crippen molar-refractivity contribution in [1.82, 2.24) is 0 Å². The maximum absolute atomic E-state index is 3.45. The summed E-state index contributed by atoms with van der Waals surface area (Å²) < 4.78 is 0. The van der Waals surface area contributed by atoms with Gasteiger partial charge in [-0.1, -0.05) is 58.4 Å². The Balaban J connectivity index is 2.14. The minimum absolute atomic E-state index is 0.0739. The minimum Gasteiger partial charge on any atom is -0.105 e. The minimum atomic E-state index is 0.0739. The van der Waals surface area contributed by atoms with Gasteiger partial charge in [-0.25, -0.2) is 0 Å². The summed E-state index contributed by atoms with van der Waals surface area (Å²) in [6.45, 7) is 0. The van der Waals surface area contributed by atoms with E-state index in [0.29, 0.717) is 0 Å². The Kier molecular flexibility index (Phi) is 6.71. The van der Waals surface area contributed by atoms with Crippen LogP contribution in [0.15, 0.2) is 42.1 Å². The largest absolute Gasteiger partial charge is 0.105 e. The van der Waals surface area contributed by atoms with Crippen molar-refractivity contribution in [3.8, 4) is 0 Å². The Morgan fingerprint density at radius 3 is 2.71 bits per heavy atom. The number of allylic oxidation sites excluding steroid dienone is 1. The normalized spacial score (nSPS) is 11.8. The van der Waals surface area contributed by atoms with Crippen molar-refractivity contribution in [3.63, 3.8) is 0 Å². The third-order valence-corrected chi connectivity index (χ3v) is 4.25. The number of alkyl halides is 1. The fourth-order valence-electron chi connectivity index (χ4n) is 1.31. The first kappa shape index (κ1) is 11.7. The highest BCUT2D eigenvalue weighted by molar-refractivity contribution is 9.09. The second kappa shape index (κ2) is 8.01. The van der Waals surface area contributed by atoms with Crippen LogP contribution in [0.5, 0.6) is 0 Å². The van der Waals surface area contributed by atoms with Gasteiger partial charge in [-0.05, 0) is 18.4 Å². The maximum atomic E-state index is 3.45. The number of hydrogen-bond donors (Lipinski definition) is 0. The smallest absolute Gasteiger partial charge is 0.0450 e. The molecule has 0 bridgehead atoms. The quantitative estimate of drug-likeness (QED) is 0.423. The standard InChI is InChI=1S/C12H17BrSi/c13-9-5-11-14-10-4-8-12-6-2-1-3-7-12/h1-4,6-7,10H,5,8-9,11,14H2. The lowest BCUT2D eigenvalue weighted by Crippen LogP contribution is -1.86. The van der Waals surface area contributed by atoms with E-state index in [1.165, 1.54) is 18.0 Å². The fourth-order valence-corrected chi connectivity index (χ4v) is 3.61. The van der Waals surface area contributed by atoms with Crippen LogP contribution in [0.3, 0.4) is 0 Å². The molecule has 0 atom stereocenters. The molecule has 0 saturated heterocycles. The van der Waals surface area contributed by atoms with Crippen LogP contribution in [0.1, 0.15) is 12.0 Å². The van der Waals surface area contributed by atoms with E-state index in [9.17, 15) is 0 Å². The summed E-state index contributed by atoms with van der Waals surface area (Å²) in [5.41, 5.74) is 3.84. The van der Waals surface area contributed by atoms with Crippen LogP contribution in [-0.2, 0) is 6.42 Å². The Hall–Kier alpha value is -0.343. The summed E-state index contributed by atoms with van der Waals surface area (Å²) in [6, 6.07) is 12.1. The van der Waals surface area contributed by atoms with Gasteiger partial charge < -0.3 is 0 Å². The SMILES string of the molecule is BrCCC[SiH2]C=CCc1ccccc1. The second-order valence-corrected chi connectivity index (χ2v) is 5.89. The molecule has 1 rings (SSSR count). The van der Waals surface area contributed by atoms with Crippen LogP contribution in [0.25, 0.3) is 0 Å². The summed E-state index contributed by atoms with van der Waals surface area (Å²) in [5, 5.41) is 1.16. The molecule has 1 aromatic rings. The number of rotatable bonds is 6. The molecule has 0 aliphatic carbocycles. The summed E-state index contributed by atoms with van der Waals surface area (Å²) in [5.74, 6) is 0. The molecule has 0 amide bonds. The van der Waals surface area contributed by atoms with Crippen molar-refractivity contribution in [2.24, 2.45) is 0 Å². The second-order valence-electron chi connectivity index (χ2n) is 3.35. The highest BCUT2D eigenvalue weighted by Gasteiger charge is 1.86. The Bertz CT molecular complexity index is 256. The van der Waals surface area contributed by atoms with Crippen LogP contribution in [0.2, 0.25) is 6.04 Å². The topological polar surface area (TPSA) is 0 Å². The fraction of sp³-hybridized carbons (Fsp3) is 0.333. The average molecular weight is 269 g/mol. The summed E-state index contributed by atoms with van der Waals surface area (Å²) in [6.07, 6.45) is 4.76. The van der Waals surface area contributed by atoms with Gasteiger partial charge in [0.25, 0.3) is 0 Å². The first-order chi connectivity index (χ1) is 6.93. The van der Waals surface area contributed by atoms with E-state index in [4.69, 9.17) is 0 Å². The van der Waals surface area contributed by atoms with Gasteiger partial charge in [-0.15, -0.1) is 5.70 Å². The number of benzene rings is 1. The van der Waals surface area contributed by atoms with E-state index in [-0.39, 0.29) is 9.52 Å². The van der Waals surface area contributed by atoms with Crippen LogP contribution in [0, 0.1) is 0 Å². The van der Waals surface area contributed by atoms with E-state index in [0.717, 1.165) is 11.8 Å². The van der Waals surface area contributed by atoms with Crippen molar-refractivity contribution in [2.45, 2.75) is 18.9 Å². The molecule has 14 heavy (non-hydrogen) atoms. The van der Waals surface area contributed by atoms with Gasteiger partial charge in [0.1, 0.15) is 0 Å². The lowest BCUT2D eigenvalue weighted by atomic mass is 10.2. The molecule has 0 unspecified atom stereocenters. The molecule has 0 fully saturated rings. The molecule has 2 heteroatoms. The van der Waals surface area contributed by atoms with Gasteiger partial charge in [-0.2, -0.15) is 0 Å². The lowest BCUT2D eigenvalue weighted by molar-refractivity contribution is 1.10. The monoisotopic (exact) mass is 268 g/mol. The Morgan fingerprint density at radius 2 is 2.00 bits per heavy atom. The van der Waals surface area contributed by atoms with E-state index in [1.807, 2.05) is 0 Å². The summed E-state index contributed by atoms with van der Waals surface area (Å²) >= 11 is 3.45. The highest BCUT2D eigenvalue weighted by Crippen LogP contribution is 2.00. The van der Waals surface area contributed by atoms with E-state index >= 15 is 0 Å². The zero-order valence-corrected chi connectivity index (χ0v) is 11.5. The van der Waals surface area contributed by atoms with Crippen molar-refractivity contribution < 1.29 is 0 Å². The summed E-state index contributed by atoms with van der Waals surface area (Å²) in [4.78, 5) is 0. The third-order valence-electron chi connectivity index (χ3n) is 2.12. The predicted octanol–water partition coefficient (Wildman–Crippen LogP) is 3.11. The predicted molar refractivity (Wildman–Crippen MR) is 71.0 cm³/mol. The Labute approximate surface area is 97.4 Å². The molecule has 0 heterocycles. The molecule has 0 radical (unpaired) electrons. The average Bonchev–Trinajstić information content (AvgIpc) is 2.25. The van der Waals surface area contributed by atoms with Crippen molar-refractivity contribution >= 4 is 25.4 Å². The first-order valence-electron chi connectivity index (χ1n) is 5.18. The van der Waals surface area contributed by atoms with E-state index in [2.05, 4.69) is 58.0 Å². The molecular formula is C12H17BrSi. The Morgan fingerprint density at radius 1 is 1.21 bits per heavy atom. The van der Waals surface area contributed by atoms with Crippen LogP contribution < -0.4 is 0 Å². The zero-order chi connectivity index (χ0) is 10.1. The van der Waals surface area contributed by atoms with Crippen LogP contribution in [0.4, 0.5) is 0 Å². The molecule has 0 aromatic heterocycles. The number of hydrogen-bond acceptors (Lipinski definition) is 0. The van der Waals surface area contributed by atoms with Crippen LogP contribution in [-0.4, -0.2) is 14.8 Å². The highest BCUT2D eigenvalue weighted by atomic mass is 79.9. The van der Waals surface area contributed by atoms with Gasteiger partial charge in [0.2, 0.25) is 0 Å². The van der Waals surface area contributed by atoms with Crippen molar-refractivity contribution in [2.75, 3.05) is 5.33 Å². The molecule has 0 nitrogen and oxygen atoms in total. The zero-order valence-electron chi connectivity index (χ0n) is 8.45. The third kappa shape index (κ3) is 5.40. The van der Waals surface area contributed by atoms with E-state index < -0.39 is 0 Å². The van der Waals surface area contributed by atoms with Crippen molar-refractivity contribution in [1.29, 1.82) is 0 Å². The molecule has 0 saturated carbocycles. The molecular weight excluding hydrogens is 252 g/mol. The van der Waals surface area contributed by atoms with Gasteiger partial charge in [-0.3, -0.25) is 0 Å². The maximum Gasteiger partial charge on any atom is 0.0450 e. The van der Waals surface area contributed by atoms with Gasteiger partial charge in [0, 0.05) is 14.8 Å². The summed E-state index contributed by atoms with van der Waals surface area (Å²) in [7, 11) is 0.0739. The molecule has 0 aliphatic heterocycles. The molecule has 0 N–H and O–H groups in total. The van der Waals surface area contributed by atoms with Crippen LogP contribution >= 0.6 is 15.9 Å².